The molecule has 2 aromatic carbocycles. The first-order valence-electron chi connectivity index (χ1n) is 15.1. The number of nitrogens with zero attached hydrogens (tertiary/aromatic N) is 5. The van der Waals surface area contributed by atoms with Crippen LogP contribution >= 0.6 is 15.9 Å². The number of fused-ring (bicyclic) bond motifs is 2. The van der Waals surface area contributed by atoms with E-state index < -0.39 is 31.6 Å². The zero-order valence-corrected chi connectivity index (χ0v) is 27.8. The molecule has 6 rings (SSSR count). The third kappa shape index (κ3) is 5.53. The minimum Gasteiger partial charge on any atom is -0.396 e. The van der Waals surface area contributed by atoms with Crippen molar-refractivity contribution in [2.24, 2.45) is 5.92 Å². The lowest BCUT2D eigenvalue weighted by molar-refractivity contribution is -0.146. The molecule has 2 fully saturated rings. The average molecular weight is 686 g/mol. The van der Waals surface area contributed by atoms with Gasteiger partial charge in [0.1, 0.15) is 0 Å². The topological polar surface area (TPSA) is 113 Å². The standard InChI is InChI=1S/C31H38BrFN6O4Si/c1-20-29(44(2,3)33)27(9-12-37-19-23(10-14-40)35-36-37)43-31(20)25-16-22(32)7-8-26(25)39(30(31)42)18-21-5-4-6-24(15-21)38-13-11-34-17-28(38)41/h4-8,15-16,19-20,27,29,34,40H,9-14,17-18H2,1-3H3/t20-,27+,29-,31+/m1/s1. The van der Waals surface area contributed by atoms with E-state index in [1.807, 2.05) is 49.4 Å². The Bertz CT molecular complexity index is 1570. The van der Waals surface area contributed by atoms with Gasteiger partial charge in [-0.1, -0.05) is 40.2 Å². The second kappa shape index (κ2) is 12.1. The highest BCUT2D eigenvalue weighted by atomic mass is 79.9. The number of carbonyl (C=O) groups is 2. The number of carbonyl (C=O) groups excluding carboxylic acids is 2. The predicted octanol–water partition coefficient (Wildman–Crippen LogP) is 3.92. The Morgan fingerprint density at radius 1 is 1.23 bits per heavy atom. The van der Waals surface area contributed by atoms with Gasteiger partial charge in [-0.05, 0) is 55.4 Å². The number of aliphatic hydroxyl groups is 1. The highest BCUT2D eigenvalue weighted by Crippen LogP contribution is 2.60. The number of aromatic nitrogens is 3. The minimum atomic E-state index is -3.31. The molecular weight excluding hydrogens is 647 g/mol. The first kappa shape index (κ1) is 31.0. The predicted molar refractivity (Wildman–Crippen MR) is 170 cm³/mol. The Kier molecular flexibility index (Phi) is 8.52. The van der Waals surface area contributed by atoms with Crippen LogP contribution in [0.2, 0.25) is 18.6 Å². The highest BCUT2D eigenvalue weighted by molar-refractivity contribution is 9.10. The quantitative estimate of drug-likeness (QED) is 0.260. The molecule has 3 aromatic rings. The average Bonchev–Trinajstić information content (AvgIpc) is 3.62. The fourth-order valence-electron chi connectivity index (χ4n) is 7.27. The van der Waals surface area contributed by atoms with Gasteiger partial charge < -0.3 is 29.1 Å². The van der Waals surface area contributed by atoms with E-state index in [1.165, 1.54) is 0 Å². The number of nitrogens with one attached hydrogen (secondary N) is 1. The van der Waals surface area contributed by atoms with E-state index in [0.29, 0.717) is 38.2 Å². The van der Waals surface area contributed by atoms with Crippen LogP contribution in [0.3, 0.4) is 0 Å². The number of hydrogen-bond donors (Lipinski definition) is 2. The monoisotopic (exact) mass is 684 g/mol. The van der Waals surface area contributed by atoms with Crippen molar-refractivity contribution >= 4 is 47.5 Å². The van der Waals surface area contributed by atoms with Gasteiger partial charge in [-0.3, -0.25) is 14.3 Å². The first-order valence-corrected chi connectivity index (χ1v) is 18.9. The summed E-state index contributed by atoms with van der Waals surface area (Å²) in [5, 5.41) is 20.6. The van der Waals surface area contributed by atoms with Crippen LogP contribution in [-0.2, 0) is 39.4 Å². The van der Waals surface area contributed by atoms with E-state index in [9.17, 15) is 14.7 Å². The molecule has 4 atom stereocenters. The Morgan fingerprint density at radius 2 is 2.05 bits per heavy atom. The number of hydrogen-bond acceptors (Lipinski definition) is 7. The third-order valence-corrected chi connectivity index (χ3v) is 12.1. The van der Waals surface area contributed by atoms with Crippen LogP contribution in [0.5, 0.6) is 0 Å². The van der Waals surface area contributed by atoms with Gasteiger partial charge in [0.15, 0.2) is 5.60 Å². The molecule has 0 aliphatic carbocycles. The molecule has 2 N–H and O–H groups in total. The van der Waals surface area contributed by atoms with Crippen LogP contribution in [0.4, 0.5) is 15.5 Å². The van der Waals surface area contributed by atoms with Crippen LogP contribution in [0.25, 0.3) is 0 Å². The summed E-state index contributed by atoms with van der Waals surface area (Å²) in [6, 6.07) is 13.5. The Morgan fingerprint density at radius 3 is 2.80 bits per heavy atom. The first-order chi connectivity index (χ1) is 21.0. The lowest BCUT2D eigenvalue weighted by atomic mass is 9.82. The van der Waals surface area contributed by atoms with Crippen LogP contribution < -0.4 is 15.1 Å². The summed E-state index contributed by atoms with van der Waals surface area (Å²) in [6.07, 6.45) is 2.17. The maximum atomic E-state index is 16.2. The molecule has 2 saturated heterocycles. The molecule has 0 radical (unpaired) electrons. The summed E-state index contributed by atoms with van der Waals surface area (Å²) in [5.74, 6) is -0.590. The number of rotatable bonds is 9. The van der Waals surface area contributed by atoms with Gasteiger partial charge in [0, 0.05) is 66.0 Å². The van der Waals surface area contributed by atoms with E-state index in [-0.39, 0.29) is 25.0 Å². The van der Waals surface area contributed by atoms with E-state index in [2.05, 4.69) is 31.6 Å². The normalized spacial score (nSPS) is 25.4. The van der Waals surface area contributed by atoms with Crippen molar-refractivity contribution in [3.63, 3.8) is 0 Å². The Hall–Kier alpha value is -2.97. The smallest absolute Gasteiger partial charge is 0.264 e. The third-order valence-electron chi connectivity index (χ3n) is 9.17. The summed E-state index contributed by atoms with van der Waals surface area (Å²) < 4.78 is 25.5. The highest BCUT2D eigenvalue weighted by Gasteiger charge is 2.66. The molecule has 44 heavy (non-hydrogen) atoms. The summed E-state index contributed by atoms with van der Waals surface area (Å²) in [6.45, 7) is 7.67. The summed E-state index contributed by atoms with van der Waals surface area (Å²) in [7, 11) is -3.31. The lowest BCUT2D eigenvalue weighted by Gasteiger charge is -2.31. The molecule has 1 aromatic heterocycles. The van der Waals surface area contributed by atoms with Crippen molar-refractivity contribution in [2.45, 2.75) is 63.2 Å². The second-order valence-corrected chi connectivity index (χ2v) is 17.2. The molecule has 2 amide bonds. The van der Waals surface area contributed by atoms with Crippen molar-refractivity contribution in [1.29, 1.82) is 0 Å². The van der Waals surface area contributed by atoms with Crippen LogP contribution in [-0.4, -0.2) is 72.7 Å². The molecule has 13 heteroatoms. The molecule has 234 valence electrons. The van der Waals surface area contributed by atoms with Gasteiger partial charge in [-0.15, -0.1) is 5.10 Å². The van der Waals surface area contributed by atoms with Crippen molar-refractivity contribution in [2.75, 3.05) is 36.0 Å². The Balaban J connectivity index is 1.32. The zero-order chi connectivity index (χ0) is 31.2. The van der Waals surface area contributed by atoms with Crippen molar-refractivity contribution in [1.82, 2.24) is 20.3 Å². The summed E-state index contributed by atoms with van der Waals surface area (Å²) >= 11 is 3.60. The van der Waals surface area contributed by atoms with Crippen molar-refractivity contribution in [3.8, 4) is 0 Å². The number of aryl methyl sites for hydroxylation is 1. The van der Waals surface area contributed by atoms with Gasteiger partial charge in [0.25, 0.3) is 5.91 Å². The molecule has 3 aliphatic rings. The van der Waals surface area contributed by atoms with Crippen LogP contribution in [0, 0.1) is 5.92 Å². The number of piperazine rings is 1. The summed E-state index contributed by atoms with van der Waals surface area (Å²) in [4.78, 5) is 30.7. The second-order valence-electron chi connectivity index (χ2n) is 12.5. The van der Waals surface area contributed by atoms with E-state index in [1.54, 1.807) is 33.8 Å². The SMILES string of the molecule is C[C@@H]1[C@@H]([Si](C)(C)F)[C@H](CCn2cc(CCO)nn2)O[C@@]12C(=O)N(Cc1cccc(N3CCNCC3=O)c1)c1ccc(Br)cc12. The molecule has 3 aliphatic heterocycles. The number of benzene rings is 2. The molecule has 10 nitrogen and oxygen atoms in total. The lowest BCUT2D eigenvalue weighted by Crippen LogP contribution is -2.48. The number of anilines is 2. The minimum absolute atomic E-state index is 0.0126. The Labute approximate surface area is 265 Å². The van der Waals surface area contributed by atoms with Gasteiger partial charge >= 0.3 is 0 Å². The molecule has 1 spiro atoms. The zero-order valence-electron chi connectivity index (χ0n) is 25.2. The van der Waals surface area contributed by atoms with Crippen LogP contribution in [0.15, 0.2) is 53.1 Å². The number of aliphatic hydroxyl groups excluding tert-OH is 1. The fourth-order valence-corrected chi connectivity index (χ4v) is 10.2. The molecule has 0 bridgehead atoms. The maximum absolute atomic E-state index is 16.2. The van der Waals surface area contributed by atoms with Gasteiger partial charge in [0.05, 0.1) is 30.6 Å². The van der Waals surface area contributed by atoms with E-state index >= 15 is 4.11 Å². The summed E-state index contributed by atoms with van der Waals surface area (Å²) in [5.41, 5.74) is 2.11. The van der Waals surface area contributed by atoms with Gasteiger partial charge in [-0.25, -0.2) is 0 Å². The van der Waals surface area contributed by atoms with Gasteiger partial charge in [-0.2, -0.15) is 0 Å². The number of halogens is 2. The van der Waals surface area contributed by atoms with Gasteiger partial charge in [0.2, 0.25) is 14.3 Å². The van der Waals surface area contributed by atoms with E-state index in [0.717, 1.165) is 33.5 Å². The van der Waals surface area contributed by atoms with Crippen LogP contribution in [0.1, 0.15) is 30.2 Å². The largest absolute Gasteiger partial charge is 0.396 e. The molecule has 4 heterocycles. The van der Waals surface area contributed by atoms with Crippen molar-refractivity contribution in [3.05, 3.63) is 70.0 Å². The van der Waals surface area contributed by atoms with Crippen molar-refractivity contribution < 1.29 is 23.5 Å². The van der Waals surface area contributed by atoms with E-state index in [4.69, 9.17) is 4.74 Å². The molecule has 0 saturated carbocycles. The number of amides is 2. The molecule has 0 unspecified atom stereocenters. The fraction of sp³-hybridized carbons (Fsp3) is 0.484. The number of ether oxygens (including phenoxy) is 1. The maximum Gasteiger partial charge on any atom is 0.264 e. The molecular formula is C31H38BrFN6O4Si.